The number of halogens is 1. The number of fused-ring (bicyclic) bond motifs is 1. The molecule has 0 bridgehead atoms. The van der Waals surface area contributed by atoms with Gasteiger partial charge in [0.05, 0.1) is 5.69 Å². The Hall–Kier alpha value is -2.08. The summed E-state index contributed by atoms with van der Waals surface area (Å²) in [6.45, 7) is 0.872. The van der Waals surface area contributed by atoms with Crippen LogP contribution in [0.1, 0.15) is 12.0 Å². The van der Waals surface area contributed by atoms with Gasteiger partial charge in [0.2, 0.25) is 0 Å². The van der Waals surface area contributed by atoms with Crippen LogP contribution in [-0.4, -0.2) is 15.0 Å². The highest BCUT2D eigenvalue weighted by Crippen LogP contribution is 2.30. The van der Waals surface area contributed by atoms with Crippen LogP contribution in [-0.2, 0) is 16.4 Å². The molecule has 0 fully saturated rings. The van der Waals surface area contributed by atoms with Crippen molar-refractivity contribution in [1.29, 1.82) is 0 Å². The monoisotopic (exact) mass is 306 g/mol. The van der Waals surface area contributed by atoms with Gasteiger partial charge in [0.25, 0.3) is 10.0 Å². The summed E-state index contributed by atoms with van der Waals surface area (Å²) < 4.78 is 40.9. The quantitative estimate of drug-likeness (QED) is 0.916. The number of sulfonamides is 1. The third-order valence-electron chi connectivity index (χ3n) is 3.47. The molecule has 1 aliphatic rings. The highest BCUT2D eigenvalue weighted by molar-refractivity contribution is 7.92. The van der Waals surface area contributed by atoms with Gasteiger partial charge in [0.1, 0.15) is 10.7 Å². The van der Waals surface area contributed by atoms with E-state index in [9.17, 15) is 12.8 Å². The Bertz CT molecular complexity index is 775. The largest absolute Gasteiger partial charge is 0.385 e. The van der Waals surface area contributed by atoms with E-state index in [1.165, 1.54) is 18.2 Å². The minimum Gasteiger partial charge on any atom is -0.385 e. The zero-order valence-corrected chi connectivity index (χ0v) is 12.1. The first-order valence-corrected chi connectivity index (χ1v) is 8.19. The predicted octanol–water partition coefficient (Wildman–Crippen LogP) is 2.98. The number of hydrogen-bond donors (Lipinski definition) is 2. The van der Waals surface area contributed by atoms with Crippen molar-refractivity contribution < 1.29 is 12.8 Å². The van der Waals surface area contributed by atoms with E-state index in [-0.39, 0.29) is 4.90 Å². The summed E-state index contributed by atoms with van der Waals surface area (Å²) in [5.41, 5.74) is 2.35. The first kappa shape index (κ1) is 13.9. The molecule has 2 aromatic rings. The van der Waals surface area contributed by atoms with Gasteiger partial charge in [-0.05, 0) is 42.7 Å². The molecule has 0 spiro atoms. The van der Waals surface area contributed by atoms with Gasteiger partial charge < -0.3 is 5.32 Å². The molecule has 4 nitrogen and oxygen atoms in total. The lowest BCUT2D eigenvalue weighted by Crippen LogP contribution is -2.18. The fourth-order valence-corrected chi connectivity index (χ4v) is 3.64. The Labute approximate surface area is 123 Å². The van der Waals surface area contributed by atoms with E-state index in [4.69, 9.17) is 0 Å². The number of nitrogens with one attached hydrogen (secondary N) is 2. The Kier molecular flexibility index (Phi) is 3.55. The molecule has 21 heavy (non-hydrogen) atoms. The Morgan fingerprint density at radius 2 is 1.90 bits per heavy atom. The van der Waals surface area contributed by atoms with Crippen LogP contribution in [0.3, 0.4) is 0 Å². The van der Waals surface area contributed by atoms with Crippen molar-refractivity contribution in [1.82, 2.24) is 0 Å². The highest BCUT2D eigenvalue weighted by atomic mass is 32.2. The van der Waals surface area contributed by atoms with Crippen LogP contribution < -0.4 is 10.0 Å². The lowest BCUT2D eigenvalue weighted by Gasteiger charge is -2.21. The minimum absolute atomic E-state index is 0.341. The summed E-state index contributed by atoms with van der Waals surface area (Å²) in [7, 11) is -3.93. The number of hydrogen-bond acceptors (Lipinski definition) is 3. The molecule has 0 aromatic heterocycles. The lowest BCUT2D eigenvalue weighted by atomic mass is 10.0. The van der Waals surface area contributed by atoms with E-state index in [1.807, 2.05) is 6.07 Å². The van der Waals surface area contributed by atoms with Crippen LogP contribution in [0.5, 0.6) is 0 Å². The Balaban J connectivity index is 1.99. The van der Waals surface area contributed by atoms with Crippen molar-refractivity contribution in [3.05, 3.63) is 53.8 Å². The van der Waals surface area contributed by atoms with Gasteiger partial charge in [-0.1, -0.05) is 18.2 Å². The summed E-state index contributed by atoms with van der Waals surface area (Å²) in [4.78, 5) is -0.341. The molecule has 0 saturated carbocycles. The van der Waals surface area contributed by atoms with E-state index in [1.54, 1.807) is 12.1 Å². The van der Waals surface area contributed by atoms with Gasteiger partial charge in [-0.2, -0.15) is 0 Å². The van der Waals surface area contributed by atoms with Gasteiger partial charge in [-0.3, -0.25) is 4.72 Å². The normalized spacial score (nSPS) is 14.1. The highest BCUT2D eigenvalue weighted by Gasteiger charge is 2.21. The van der Waals surface area contributed by atoms with E-state index in [2.05, 4.69) is 10.0 Å². The molecule has 1 heterocycles. The zero-order chi connectivity index (χ0) is 14.9. The van der Waals surface area contributed by atoms with Crippen LogP contribution >= 0.6 is 0 Å². The van der Waals surface area contributed by atoms with Crippen molar-refractivity contribution >= 4 is 21.4 Å². The van der Waals surface area contributed by atoms with Crippen molar-refractivity contribution in [2.45, 2.75) is 17.7 Å². The summed E-state index contributed by atoms with van der Waals surface area (Å²) in [5.74, 6) is -0.757. The van der Waals surface area contributed by atoms with Crippen LogP contribution in [0.4, 0.5) is 15.8 Å². The third kappa shape index (κ3) is 2.71. The van der Waals surface area contributed by atoms with E-state index < -0.39 is 15.8 Å². The average Bonchev–Trinajstić information content (AvgIpc) is 2.47. The first-order chi connectivity index (χ1) is 10.1. The van der Waals surface area contributed by atoms with Gasteiger partial charge in [0.15, 0.2) is 0 Å². The molecule has 0 amide bonds. The van der Waals surface area contributed by atoms with Gasteiger partial charge >= 0.3 is 0 Å². The van der Waals surface area contributed by atoms with Crippen molar-refractivity contribution in [2.24, 2.45) is 0 Å². The second kappa shape index (κ2) is 5.37. The number of anilines is 2. The maximum Gasteiger partial charge on any atom is 0.264 e. The third-order valence-corrected chi connectivity index (χ3v) is 4.86. The zero-order valence-electron chi connectivity index (χ0n) is 11.3. The second-order valence-corrected chi connectivity index (χ2v) is 6.55. The van der Waals surface area contributed by atoms with Crippen molar-refractivity contribution in [3.8, 4) is 0 Å². The lowest BCUT2D eigenvalue weighted by molar-refractivity contribution is 0.570. The van der Waals surface area contributed by atoms with E-state index >= 15 is 0 Å². The maximum atomic E-state index is 13.7. The Morgan fingerprint density at radius 1 is 1.10 bits per heavy atom. The molecule has 2 aromatic carbocycles. The van der Waals surface area contributed by atoms with Crippen molar-refractivity contribution in [3.63, 3.8) is 0 Å². The summed E-state index contributed by atoms with van der Waals surface area (Å²) in [5, 5.41) is 3.23. The number of rotatable bonds is 3. The topological polar surface area (TPSA) is 58.2 Å². The smallest absolute Gasteiger partial charge is 0.264 e. The molecule has 0 atom stereocenters. The molecular formula is C15H15FN2O2S. The predicted molar refractivity (Wildman–Crippen MR) is 80.5 cm³/mol. The SMILES string of the molecule is O=S(=O)(Nc1cccc2c1CCCN2)c1ccccc1F. The molecule has 0 saturated heterocycles. The molecule has 110 valence electrons. The summed E-state index contributed by atoms with van der Waals surface area (Å²) in [6.07, 6.45) is 1.73. The van der Waals surface area contributed by atoms with Gasteiger partial charge in [-0.25, -0.2) is 12.8 Å². The molecule has 1 aliphatic heterocycles. The van der Waals surface area contributed by atoms with Crippen LogP contribution in [0.15, 0.2) is 47.4 Å². The fourth-order valence-electron chi connectivity index (χ4n) is 2.47. The summed E-state index contributed by atoms with van der Waals surface area (Å²) >= 11 is 0. The molecule has 0 radical (unpaired) electrons. The van der Waals surface area contributed by atoms with Gasteiger partial charge in [0, 0.05) is 12.2 Å². The standard InChI is InChI=1S/C15H15FN2O2S/c16-12-6-1-2-9-15(12)21(19,20)18-14-8-3-7-13-11(14)5-4-10-17-13/h1-3,6-9,17-18H,4-5,10H2. The molecule has 6 heteroatoms. The van der Waals surface area contributed by atoms with Crippen LogP contribution in [0.2, 0.25) is 0 Å². The minimum atomic E-state index is -3.93. The second-order valence-electron chi connectivity index (χ2n) is 4.90. The van der Waals surface area contributed by atoms with E-state index in [0.717, 1.165) is 36.7 Å². The molecule has 0 unspecified atom stereocenters. The maximum absolute atomic E-state index is 13.7. The van der Waals surface area contributed by atoms with Gasteiger partial charge in [-0.15, -0.1) is 0 Å². The van der Waals surface area contributed by atoms with Crippen LogP contribution in [0, 0.1) is 5.82 Å². The molecule has 0 aliphatic carbocycles. The fraction of sp³-hybridized carbons (Fsp3) is 0.200. The van der Waals surface area contributed by atoms with E-state index in [0.29, 0.717) is 5.69 Å². The van der Waals surface area contributed by atoms with Crippen molar-refractivity contribution in [2.75, 3.05) is 16.6 Å². The average molecular weight is 306 g/mol. The molecule has 3 rings (SSSR count). The molecular weight excluding hydrogens is 291 g/mol. The molecule has 2 N–H and O–H groups in total. The number of benzene rings is 2. The Morgan fingerprint density at radius 3 is 2.71 bits per heavy atom. The summed E-state index contributed by atoms with van der Waals surface area (Å²) in [6, 6.07) is 10.7. The first-order valence-electron chi connectivity index (χ1n) is 6.71. The van der Waals surface area contributed by atoms with Crippen LogP contribution in [0.25, 0.3) is 0 Å².